The number of nitrogens with one attached hydrogen (secondary N) is 1. The Morgan fingerprint density at radius 2 is 2.00 bits per heavy atom. The second-order valence-electron chi connectivity index (χ2n) is 3.92. The van der Waals surface area contributed by atoms with E-state index in [0.717, 1.165) is 28.2 Å². The molecule has 0 spiro atoms. The minimum atomic E-state index is 0.908. The Labute approximate surface area is 126 Å². The molecule has 0 atom stereocenters. The Morgan fingerprint density at radius 3 is 2.74 bits per heavy atom. The molecule has 19 heavy (non-hydrogen) atoms. The van der Waals surface area contributed by atoms with Gasteiger partial charge < -0.3 is 5.32 Å². The Bertz CT molecular complexity index is 513. The van der Waals surface area contributed by atoms with Crippen LogP contribution < -0.4 is 5.32 Å². The summed E-state index contributed by atoms with van der Waals surface area (Å²) >= 11 is 4.99. The summed E-state index contributed by atoms with van der Waals surface area (Å²) in [6.45, 7) is 4.14. The van der Waals surface area contributed by atoms with Gasteiger partial charge in [-0.3, -0.25) is 0 Å². The first-order valence-corrected chi connectivity index (χ1v) is 9.03. The van der Waals surface area contributed by atoms with E-state index < -0.39 is 0 Å². The van der Waals surface area contributed by atoms with Crippen molar-refractivity contribution < 1.29 is 0 Å². The molecule has 0 unspecified atom stereocenters. The van der Waals surface area contributed by atoms with E-state index in [1.54, 1.807) is 34.9 Å². The summed E-state index contributed by atoms with van der Waals surface area (Å²) in [4.78, 5) is 1.26. The zero-order chi connectivity index (χ0) is 13.5. The van der Waals surface area contributed by atoms with Crippen molar-refractivity contribution in [1.82, 2.24) is 15.5 Å². The number of hydrogen-bond donors (Lipinski definition) is 1. The minimum Gasteiger partial charge on any atom is -0.313 e. The van der Waals surface area contributed by atoms with Crippen LogP contribution in [0, 0.1) is 0 Å². The molecule has 2 aromatic rings. The zero-order valence-electron chi connectivity index (χ0n) is 11.0. The molecule has 0 amide bonds. The molecule has 2 rings (SSSR count). The summed E-state index contributed by atoms with van der Waals surface area (Å²) in [6.07, 6.45) is 3.18. The van der Waals surface area contributed by atoms with Gasteiger partial charge in [-0.25, -0.2) is 0 Å². The number of hydrogen-bond acceptors (Lipinski definition) is 6. The van der Waals surface area contributed by atoms with Crippen LogP contribution in [-0.2, 0) is 6.54 Å². The van der Waals surface area contributed by atoms with Gasteiger partial charge in [-0.05, 0) is 30.9 Å². The van der Waals surface area contributed by atoms with Gasteiger partial charge >= 0.3 is 0 Å². The summed E-state index contributed by atoms with van der Waals surface area (Å²) in [6, 6.07) is 8.47. The lowest BCUT2D eigenvalue weighted by molar-refractivity contribution is 0.669. The van der Waals surface area contributed by atoms with Gasteiger partial charge in [-0.2, -0.15) is 0 Å². The van der Waals surface area contributed by atoms with E-state index in [1.165, 1.54) is 10.5 Å². The van der Waals surface area contributed by atoms with Crippen LogP contribution in [0.2, 0.25) is 0 Å². The molecule has 0 saturated heterocycles. The Kier molecular flexibility index (Phi) is 6.16. The molecule has 0 aliphatic rings. The fourth-order valence-corrected chi connectivity index (χ4v) is 4.09. The van der Waals surface area contributed by atoms with E-state index in [9.17, 15) is 0 Å². The molecular weight excluding hydrogens is 294 g/mol. The smallest absolute Gasteiger partial charge is 0.179 e. The number of thioether (sulfide) groups is 1. The molecular formula is C13H17N3S3. The molecule has 0 aliphatic carbocycles. The first-order valence-electron chi connectivity index (χ1n) is 6.17. The van der Waals surface area contributed by atoms with Gasteiger partial charge in [-0.1, -0.05) is 60.0 Å². The second kappa shape index (κ2) is 7.89. The van der Waals surface area contributed by atoms with Crippen LogP contribution in [0.25, 0.3) is 0 Å². The van der Waals surface area contributed by atoms with Crippen LogP contribution in [0.5, 0.6) is 0 Å². The Morgan fingerprint density at radius 1 is 1.21 bits per heavy atom. The van der Waals surface area contributed by atoms with Gasteiger partial charge in [0.2, 0.25) is 0 Å². The Balaban J connectivity index is 2.06. The zero-order valence-corrected chi connectivity index (χ0v) is 13.5. The van der Waals surface area contributed by atoms with Crippen LogP contribution in [0.1, 0.15) is 18.9 Å². The molecule has 102 valence electrons. The maximum atomic E-state index is 4.21. The third-order valence-corrected chi connectivity index (χ3v) is 5.54. The lowest BCUT2D eigenvalue weighted by Gasteiger charge is -2.08. The minimum absolute atomic E-state index is 0.908. The summed E-state index contributed by atoms with van der Waals surface area (Å²) in [5.74, 6) is 0. The highest BCUT2D eigenvalue weighted by atomic mass is 32.2. The topological polar surface area (TPSA) is 37.8 Å². The molecule has 0 saturated carbocycles. The summed E-state index contributed by atoms with van der Waals surface area (Å²) in [5, 5.41) is 11.8. The van der Waals surface area contributed by atoms with E-state index in [2.05, 4.69) is 46.7 Å². The molecule has 1 heterocycles. The average molecular weight is 312 g/mol. The maximum Gasteiger partial charge on any atom is 0.179 e. The van der Waals surface area contributed by atoms with Gasteiger partial charge in [0.05, 0.1) is 0 Å². The fraction of sp³-hybridized carbons (Fsp3) is 0.385. The molecule has 6 heteroatoms. The van der Waals surface area contributed by atoms with Crippen molar-refractivity contribution in [3.63, 3.8) is 0 Å². The number of nitrogens with zero attached hydrogens (tertiary/aromatic N) is 2. The Hall–Kier alpha value is -0.560. The molecule has 3 nitrogen and oxygen atoms in total. The van der Waals surface area contributed by atoms with Crippen LogP contribution in [0.3, 0.4) is 0 Å². The van der Waals surface area contributed by atoms with Crippen molar-refractivity contribution in [1.29, 1.82) is 0 Å². The highest BCUT2D eigenvalue weighted by Crippen LogP contribution is 2.34. The van der Waals surface area contributed by atoms with Crippen LogP contribution in [0.4, 0.5) is 0 Å². The van der Waals surface area contributed by atoms with Gasteiger partial charge in [0.25, 0.3) is 0 Å². The number of aromatic nitrogens is 2. The number of benzene rings is 1. The van der Waals surface area contributed by atoms with Crippen molar-refractivity contribution in [2.45, 2.75) is 33.5 Å². The van der Waals surface area contributed by atoms with Crippen molar-refractivity contribution in [2.24, 2.45) is 0 Å². The number of rotatable bonds is 7. The molecule has 0 radical (unpaired) electrons. The lowest BCUT2D eigenvalue weighted by Crippen LogP contribution is -2.14. The van der Waals surface area contributed by atoms with Gasteiger partial charge in [0, 0.05) is 11.4 Å². The fourth-order valence-electron chi connectivity index (χ4n) is 1.56. The van der Waals surface area contributed by atoms with E-state index in [4.69, 9.17) is 0 Å². The van der Waals surface area contributed by atoms with E-state index in [-0.39, 0.29) is 0 Å². The van der Waals surface area contributed by atoms with Gasteiger partial charge in [-0.15, -0.1) is 10.2 Å². The molecule has 0 aliphatic heterocycles. The molecule has 0 bridgehead atoms. The SMILES string of the molecule is CCCNCc1ccccc1Sc1nnc(SC)s1. The molecule has 1 aromatic heterocycles. The normalized spacial score (nSPS) is 10.8. The lowest BCUT2D eigenvalue weighted by atomic mass is 10.2. The summed E-state index contributed by atoms with van der Waals surface area (Å²) < 4.78 is 2.02. The van der Waals surface area contributed by atoms with Gasteiger partial charge in [0.1, 0.15) is 0 Å². The van der Waals surface area contributed by atoms with Crippen LogP contribution in [-0.4, -0.2) is 23.0 Å². The van der Waals surface area contributed by atoms with Crippen molar-refractivity contribution in [2.75, 3.05) is 12.8 Å². The van der Waals surface area contributed by atoms with E-state index in [0.29, 0.717) is 0 Å². The molecule has 0 fully saturated rings. The van der Waals surface area contributed by atoms with Crippen LogP contribution >= 0.6 is 34.9 Å². The third kappa shape index (κ3) is 4.49. The molecule has 1 aromatic carbocycles. The second-order valence-corrected chi connectivity index (χ2v) is 7.24. The van der Waals surface area contributed by atoms with Crippen molar-refractivity contribution >= 4 is 34.9 Å². The summed E-state index contributed by atoms with van der Waals surface area (Å²) in [7, 11) is 0. The predicted octanol–water partition coefficient (Wildman–Crippen LogP) is 3.91. The van der Waals surface area contributed by atoms with Gasteiger partial charge in [0.15, 0.2) is 8.68 Å². The van der Waals surface area contributed by atoms with Crippen molar-refractivity contribution in [3.8, 4) is 0 Å². The van der Waals surface area contributed by atoms with E-state index in [1.807, 2.05) is 6.26 Å². The highest BCUT2D eigenvalue weighted by Gasteiger charge is 2.08. The first-order chi connectivity index (χ1) is 9.33. The van der Waals surface area contributed by atoms with Crippen LogP contribution in [0.15, 0.2) is 37.8 Å². The third-order valence-electron chi connectivity index (χ3n) is 2.47. The predicted molar refractivity (Wildman–Crippen MR) is 84.3 cm³/mol. The quantitative estimate of drug-likeness (QED) is 0.620. The largest absolute Gasteiger partial charge is 0.313 e. The standard InChI is InChI=1S/C13H17N3S3/c1-3-8-14-9-10-6-4-5-7-11(10)18-13-16-15-12(17-2)19-13/h4-7,14H,3,8-9H2,1-2H3. The van der Waals surface area contributed by atoms with Crippen molar-refractivity contribution in [3.05, 3.63) is 29.8 Å². The summed E-state index contributed by atoms with van der Waals surface area (Å²) in [5.41, 5.74) is 1.32. The first kappa shape index (κ1) is 14.8. The highest BCUT2D eigenvalue weighted by molar-refractivity contribution is 8.03. The average Bonchev–Trinajstić information content (AvgIpc) is 2.89. The maximum absolute atomic E-state index is 4.21. The molecule has 1 N–H and O–H groups in total. The van der Waals surface area contributed by atoms with E-state index >= 15 is 0 Å². The monoisotopic (exact) mass is 311 g/mol.